The van der Waals surface area contributed by atoms with Crippen LogP contribution >= 0.6 is 0 Å². The van der Waals surface area contributed by atoms with Crippen LogP contribution < -0.4 is 10.2 Å². The first-order chi connectivity index (χ1) is 9.22. The van der Waals surface area contributed by atoms with E-state index in [0.29, 0.717) is 0 Å². The minimum atomic E-state index is 0.775. The average Bonchev–Trinajstić information content (AvgIpc) is 2.47. The van der Waals surface area contributed by atoms with Gasteiger partial charge in [-0.05, 0) is 11.6 Å². The number of rotatable bonds is 5. The zero-order valence-electron chi connectivity index (χ0n) is 11.6. The van der Waals surface area contributed by atoms with Gasteiger partial charge in [-0.3, -0.25) is 4.98 Å². The van der Waals surface area contributed by atoms with E-state index in [4.69, 9.17) is 0 Å². The number of nitrogens with one attached hydrogen (secondary N) is 1. The van der Waals surface area contributed by atoms with E-state index >= 15 is 0 Å². The highest BCUT2D eigenvalue weighted by atomic mass is 15.2. The number of aromatic nitrogens is 3. The Balaban J connectivity index is 2.20. The molecular weight excluding hydrogens is 238 g/mol. The van der Waals surface area contributed by atoms with E-state index in [1.807, 2.05) is 32.4 Å². The van der Waals surface area contributed by atoms with Gasteiger partial charge in [0.1, 0.15) is 17.5 Å². The monoisotopic (exact) mass is 257 g/mol. The second-order valence-corrected chi connectivity index (χ2v) is 4.35. The molecule has 0 aromatic carbocycles. The summed E-state index contributed by atoms with van der Waals surface area (Å²) in [5.41, 5.74) is 1.16. The number of hydrogen-bond acceptors (Lipinski definition) is 5. The Labute approximate surface area is 113 Å². The molecule has 0 amide bonds. The molecule has 5 nitrogen and oxygen atoms in total. The maximum absolute atomic E-state index is 4.55. The van der Waals surface area contributed by atoms with Gasteiger partial charge in [0.2, 0.25) is 0 Å². The summed E-state index contributed by atoms with van der Waals surface area (Å²) in [5.74, 6) is 2.61. The van der Waals surface area contributed by atoms with E-state index in [0.717, 1.165) is 36.0 Å². The predicted molar refractivity (Wildman–Crippen MR) is 77.3 cm³/mol. The Hall–Kier alpha value is -2.17. The Morgan fingerprint density at radius 1 is 1.32 bits per heavy atom. The zero-order chi connectivity index (χ0) is 13.7. The van der Waals surface area contributed by atoms with Gasteiger partial charge in [-0.25, -0.2) is 9.97 Å². The summed E-state index contributed by atoms with van der Waals surface area (Å²) < 4.78 is 0. The lowest BCUT2D eigenvalue weighted by atomic mass is 10.2. The molecule has 0 fully saturated rings. The Morgan fingerprint density at radius 2 is 2.16 bits per heavy atom. The molecule has 2 rings (SSSR count). The molecule has 0 aliphatic carbocycles. The number of pyridine rings is 1. The molecule has 5 heteroatoms. The van der Waals surface area contributed by atoms with Crippen molar-refractivity contribution in [1.29, 1.82) is 0 Å². The molecule has 0 saturated carbocycles. The van der Waals surface area contributed by atoms with Gasteiger partial charge >= 0.3 is 0 Å². The van der Waals surface area contributed by atoms with Gasteiger partial charge in [-0.1, -0.05) is 13.0 Å². The second-order valence-electron chi connectivity index (χ2n) is 4.35. The van der Waals surface area contributed by atoms with Crippen LogP contribution in [0, 0.1) is 0 Å². The van der Waals surface area contributed by atoms with Crippen LogP contribution in [0.5, 0.6) is 0 Å². The molecular formula is C14H19N5. The highest BCUT2D eigenvalue weighted by molar-refractivity contribution is 5.49. The number of aryl methyl sites for hydroxylation is 1. The topological polar surface area (TPSA) is 53.9 Å². The fraction of sp³-hybridized carbons (Fsp3) is 0.357. The summed E-state index contributed by atoms with van der Waals surface area (Å²) in [5, 5.41) is 3.07. The quantitative estimate of drug-likeness (QED) is 0.889. The lowest BCUT2D eigenvalue weighted by molar-refractivity contribution is 0.857. The van der Waals surface area contributed by atoms with Gasteiger partial charge in [0.05, 0.1) is 0 Å². The van der Waals surface area contributed by atoms with Crippen molar-refractivity contribution in [2.45, 2.75) is 19.9 Å². The van der Waals surface area contributed by atoms with Crippen LogP contribution in [0.2, 0.25) is 0 Å². The van der Waals surface area contributed by atoms with Crippen LogP contribution in [0.3, 0.4) is 0 Å². The van der Waals surface area contributed by atoms with E-state index in [1.54, 1.807) is 6.20 Å². The van der Waals surface area contributed by atoms with Crippen molar-refractivity contribution in [2.75, 3.05) is 24.3 Å². The molecule has 0 saturated heterocycles. The zero-order valence-corrected chi connectivity index (χ0v) is 11.6. The van der Waals surface area contributed by atoms with E-state index in [-0.39, 0.29) is 0 Å². The molecule has 0 atom stereocenters. The smallest absolute Gasteiger partial charge is 0.134 e. The highest BCUT2D eigenvalue weighted by Crippen LogP contribution is 2.16. The summed E-state index contributed by atoms with van der Waals surface area (Å²) in [6.07, 6.45) is 4.48. The van der Waals surface area contributed by atoms with E-state index < -0.39 is 0 Å². The second kappa shape index (κ2) is 6.13. The summed E-state index contributed by atoms with van der Waals surface area (Å²) in [6.45, 7) is 2.83. The first kappa shape index (κ1) is 13.3. The van der Waals surface area contributed by atoms with Crippen LogP contribution in [0.1, 0.15) is 18.3 Å². The normalized spacial score (nSPS) is 10.3. The van der Waals surface area contributed by atoms with E-state index in [9.17, 15) is 0 Å². The van der Waals surface area contributed by atoms with Crippen molar-refractivity contribution in [1.82, 2.24) is 15.0 Å². The molecule has 1 N–H and O–H groups in total. The highest BCUT2D eigenvalue weighted by Gasteiger charge is 2.07. The average molecular weight is 257 g/mol. The fourth-order valence-corrected chi connectivity index (χ4v) is 1.81. The Kier molecular flexibility index (Phi) is 4.28. The summed E-state index contributed by atoms with van der Waals surface area (Å²) >= 11 is 0. The molecule has 19 heavy (non-hydrogen) atoms. The van der Waals surface area contributed by atoms with E-state index in [2.05, 4.69) is 38.2 Å². The molecule has 2 aromatic heterocycles. The molecule has 2 heterocycles. The maximum atomic E-state index is 4.55. The predicted octanol–water partition coefficient (Wildman–Crippen LogP) is 2.11. The van der Waals surface area contributed by atoms with Crippen molar-refractivity contribution < 1.29 is 0 Å². The van der Waals surface area contributed by atoms with Gasteiger partial charge in [0.25, 0.3) is 0 Å². The minimum Gasteiger partial charge on any atom is -0.373 e. The van der Waals surface area contributed by atoms with Crippen LogP contribution in [0.25, 0.3) is 0 Å². The van der Waals surface area contributed by atoms with Crippen LogP contribution in [-0.4, -0.2) is 29.0 Å². The molecule has 0 radical (unpaired) electrons. The number of hydrogen-bond donors (Lipinski definition) is 1. The van der Waals surface area contributed by atoms with Crippen molar-refractivity contribution in [3.63, 3.8) is 0 Å². The largest absolute Gasteiger partial charge is 0.373 e. The third kappa shape index (κ3) is 3.40. The lowest BCUT2D eigenvalue weighted by Gasteiger charge is -2.19. The lowest BCUT2D eigenvalue weighted by Crippen LogP contribution is -2.19. The molecule has 100 valence electrons. The summed E-state index contributed by atoms with van der Waals surface area (Å²) in [6, 6.07) is 5.96. The maximum Gasteiger partial charge on any atom is 0.134 e. The van der Waals surface area contributed by atoms with Crippen molar-refractivity contribution in [3.05, 3.63) is 42.0 Å². The van der Waals surface area contributed by atoms with Gasteiger partial charge in [0.15, 0.2) is 0 Å². The van der Waals surface area contributed by atoms with Crippen molar-refractivity contribution in [2.24, 2.45) is 0 Å². The summed E-state index contributed by atoms with van der Waals surface area (Å²) in [4.78, 5) is 15.2. The SMILES string of the molecule is CCc1nc(NC)cc(N(C)Cc2cccnc2)n1. The number of anilines is 2. The fourth-order valence-electron chi connectivity index (χ4n) is 1.81. The number of nitrogens with zero attached hydrogens (tertiary/aromatic N) is 4. The minimum absolute atomic E-state index is 0.775. The molecule has 0 spiro atoms. The summed E-state index contributed by atoms with van der Waals surface area (Å²) in [7, 11) is 3.89. The molecule has 0 aliphatic rings. The van der Waals surface area contributed by atoms with Crippen LogP contribution in [-0.2, 0) is 13.0 Å². The molecule has 0 bridgehead atoms. The van der Waals surface area contributed by atoms with Gasteiger partial charge < -0.3 is 10.2 Å². The van der Waals surface area contributed by atoms with E-state index in [1.165, 1.54) is 0 Å². The first-order valence-electron chi connectivity index (χ1n) is 6.38. The van der Waals surface area contributed by atoms with Crippen molar-refractivity contribution in [3.8, 4) is 0 Å². The van der Waals surface area contributed by atoms with Crippen LogP contribution in [0.15, 0.2) is 30.6 Å². The molecule has 0 unspecified atom stereocenters. The van der Waals surface area contributed by atoms with Gasteiger partial charge in [-0.2, -0.15) is 0 Å². The third-order valence-electron chi connectivity index (χ3n) is 2.86. The molecule has 2 aromatic rings. The third-order valence-corrected chi connectivity index (χ3v) is 2.86. The van der Waals surface area contributed by atoms with Gasteiger partial charge in [-0.15, -0.1) is 0 Å². The van der Waals surface area contributed by atoms with Gasteiger partial charge in [0, 0.05) is 45.5 Å². The standard InChI is InChI=1S/C14H19N5/c1-4-12-17-13(15-2)8-14(18-12)19(3)10-11-6-5-7-16-9-11/h5-9H,4,10H2,1-3H3,(H,15,17,18). The van der Waals surface area contributed by atoms with Crippen LogP contribution in [0.4, 0.5) is 11.6 Å². The van der Waals surface area contributed by atoms with Crippen molar-refractivity contribution >= 4 is 11.6 Å². The first-order valence-corrected chi connectivity index (χ1v) is 6.38. The Bertz CT molecular complexity index is 504. The molecule has 0 aliphatic heterocycles. The Morgan fingerprint density at radius 3 is 2.79 bits per heavy atom.